The minimum absolute atomic E-state index is 0.0113. The van der Waals surface area contributed by atoms with Crippen molar-refractivity contribution in [2.45, 2.75) is 43.7 Å². The van der Waals surface area contributed by atoms with Gasteiger partial charge in [0.15, 0.2) is 0 Å². The molecule has 38 heavy (non-hydrogen) atoms. The highest BCUT2D eigenvalue weighted by Crippen LogP contribution is 2.43. The van der Waals surface area contributed by atoms with Crippen molar-refractivity contribution in [1.82, 2.24) is 29.6 Å². The average Bonchev–Trinajstić information content (AvgIpc) is 3.43. The van der Waals surface area contributed by atoms with Gasteiger partial charge in [-0.15, -0.1) is 0 Å². The molecule has 16 heteroatoms. The second-order valence-electron chi connectivity index (χ2n) is 9.05. The molecule has 1 saturated carbocycles. The van der Waals surface area contributed by atoms with E-state index < -0.39 is 35.8 Å². The standard InChI is InChI=1S/C22H21F6N7O2S/c23-21(24,25)19-29-7-13(8-30-19)17-18(38-20(31-17)22(26,27)28)33-5-6-35(14(9-33)11-36)16(37)10-34-4-3-15(32-34)12-1-2-12/h3-4,7-8,12,14,36H,1-2,5-6,9-11H2/t14-/m0/s1. The fraction of sp³-hybridized carbons (Fsp3) is 0.500. The third-order valence-electron chi connectivity index (χ3n) is 6.29. The van der Waals surface area contributed by atoms with Crippen molar-refractivity contribution in [2.24, 2.45) is 0 Å². The fourth-order valence-electron chi connectivity index (χ4n) is 4.25. The van der Waals surface area contributed by atoms with Gasteiger partial charge in [-0.1, -0.05) is 11.3 Å². The minimum Gasteiger partial charge on any atom is -0.394 e. The lowest BCUT2D eigenvalue weighted by molar-refractivity contribution is -0.145. The normalized spacial score (nSPS) is 18.8. The Kier molecular flexibility index (Phi) is 6.79. The van der Waals surface area contributed by atoms with E-state index in [1.54, 1.807) is 6.20 Å². The molecule has 1 N–H and O–H groups in total. The molecule has 0 bridgehead atoms. The van der Waals surface area contributed by atoms with Crippen molar-refractivity contribution >= 4 is 22.2 Å². The lowest BCUT2D eigenvalue weighted by Crippen LogP contribution is -2.57. The smallest absolute Gasteiger partial charge is 0.394 e. The summed E-state index contributed by atoms with van der Waals surface area (Å²) < 4.78 is 80.6. The van der Waals surface area contributed by atoms with Crippen LogP contribution >= 0.6 is 11.3 Å². The Balaban J connectivity index is 1.36. The number of aromatic nitrogens is 5. The molecular formula is C22H21F6N7O2S. The van der Waals surface area contributed by atoms with Crippen LogP contribution in [0.2, 0.25) is 0 Å². The van der Waals surface area contributed by atoms with E-state index in [-0.39, 0.29) is 48.3 Å². The Labute approximate surface area is 215 Å². The summed E-state index contributed by atoms with van der Waals surface area (Å²) in [7, 11) is 0. The molecule has 4 heterocycles. The average molecular weight is 562 g/mol. The molecule has 2 aliphatic rings. The number of halogens is 6. The third-order valence-corrected chi connectivity index (χ3v) is 7.45. The van der Waals surface area contributed by atoms with Gasteiger partial charge < -0.3 is 14.9 Å². The first-order valence-corrected chi connectivity index (χ1v) is 12.4. The summed E-state index contributed by atoms with van der Waals surface area (Å²) in [5, 5.41) is 13.3. The summed E-state index contributed by atoms with van der Waals surface area (Å²) >= 11 is 0.326. The number of hydrogen-bond donors (Lipinski definition) is 1. The minimum atomic E-state index is -4.81. The molecule has 0 spiro atoms. The second kappa shape index (κ2) is 9.80. The first-order valence-electron chi connectivity index (χ1n) is 11.6. The molecule has 9 nitrogen and oxygen atoms in total. The van der Waals surface area contributed by atoms with Gasteiger partial charge in [0, 0.05) is 49.7 Å². The van der Waals surface area contributed by atoms with E-state index in [4.69, 9.17) is 0 Å². The molecule has 5 rings (SSSR count). The van der Waals surface area contributed by atoms with Crippen LogP contribution in [0.25, 0.3) is 11.3 Å². The zero-order valence-corrected chi connectivity index (χ0v) is 20.4. The number of carbonyl (C=O) groups excluding carboxylic acids is 1. The van der Waals surface area contributed by atoms with E-state index in [1.807, 2.05) is 6.07 Å². The Bertz CT molecular complexity index is 1300. The summed E-state index contributed by atoms with van der Waals surface area (Å²) in [5.41, 5.74) is 0.576. The number of aliphatic hydroxyl groups excluding tert-OH is 1. The van der Waals surface area contributed by atoms with E-state index in [1.165, 1.54) is 14.5 Å². The monoisotopic (exact) mass is 561 g/mol. The van der Waals surface area contributed by atoms with Crippen LogP contribution < -0.4 is 4.90 Å². The number of hydrogen-bond acceptors (Lipinski definition) is 8. The summed E-state index contributed by atoms with van der Waals surface area (Å²) in [4.78, 5) is 26.1. The molecule has 0 unspecified atom stereocenters. The number of nitrogens with zero attached hydrogens (tertiary/aromatic N) is 7. The topological polar surface area (TPSA) is 100 Å². The summed E-state index contributed by atoms with van der Waals surface area (Å²) in [6.45, 7) is -0.289. The molecular weight excluding hydrogens is 540 g/mol. The molecule has 0 radical (unpaired) electrons. The summed E-state index contributed by atoms with van der Waals surface area (Å²) in [6, 6.07) is 1.13. The Hall–Kier alpha value is -3.27. The van der Waals surface area contributed by atoms with Crippen LogP contribution in [0, 0.1) is 0 Å². The SMILES string of the molecule is O=C(Cn1ccc(C2CC2)n1)N1CCN(c2sc(C(F)(F)F)nc2-c2cnc(C(F)(F)F)nc2)C[C@H]1CO. The van der Waals surface area contributed by atoms with Crippen LogP contribution in [0.1, 0.15) is 35.3 Å². The van der Waals surface area contributed by atoms with Crippen molar-refractivity contribution in [2.75, 3.05) is 31.1 Å². The number of carbonyl (C=O) groups is 1. The van der Waals surface area contributed by atoms with Crippen LogP contribution in [0.5, 0.6) is 0 Å². The van der Waals surface area contributed by atoms with E-state index in [0.717, 1.165) is 30.9 Å². The van der Waals surface area contributed by atoms with Gasteiger partial charge in [-0.3, -0.25) is 9.48 Å². The summed E-state index contributed by atoms with van der Waals surface area (Å²) in [6.07, 6.45) is -4.21. The number of piperazine rings is 1. The zero-order valence-electron chi connectivity index (χ0n) is 19.6. The lowest BCUT2D eigenvalue weighted by atomic mass is 10.1. The lowest BCUT2D eigenvalue weighted by Gasteiger charge is -2.41. The highest BCUT2D eigenvalue weighted by molar-refractivity contribution is 7.16. The molecule has 3 aromatic heterocycles. The fourth-order valence-corrected chi connectivity index (χ4v) is 5.24. The zero-order chi connectivity index (χ0) is 27.2. The molecule has 1 saturated heterocycles. The maximum Gasteiger partial charge on any atom is 0.451 e. The highest BCUT2D eigenvalue weighted by Gasteiger charge is 2.40. The number of aliphatic hydroxyl groups is 1. The molecule has 1 atom stereocenters. The number of rotatable bonds is 6. The molecule has 1 aliphatic heterocycles. The van der Waals surface area contributed by atoms with E-state index >= 15 is 0 Å². The van der Waals surface area contributed by atoms with E-state index in [9.17, 15) is 36.2 Å². The van der Waals surface area contributed by atoms with Crippen molar-refractivity contribution in [3.63, 3.8) is 0 Å². The van der Waals surface area contributed by atoms with Crippen LogP contribution in [0.4, 0.5) is 31.3 Å². The highest BCUT2D eigenvalue weighted by atomic mass is 32.1. The van der Waals surface area contributed by atoms with E-state index in [0.29, 0.717) is 17.3 Å². The molecule has 0 aromatic carbocycles. The molecule has 204 valence electrons. The Morgan fingerprint density at radius 1 is 1.08 bits per heavy atom. The Morgan fingerprint density at radius 2 is 1.79 bits per heavy atom. The number of anilines is 1. The van der Waals surface area contributed by atoms with Crippen molar-refractivity contribution in [1.29, 1.82) is 0 Å². The van der Waals surface area contributed by atoms with Crippen molar-refractivity contribution < 1.29 is 36.2 Å². The van der Waals surface area contributed by atoms with Crippen LogP contribution in [-0.2, 0) is 23.7 Å². The Morgan fingerprint density at radius 3 is 2.39 bits per heavy atom. The first kappa shape index (κ1) is 26.3. The van der Waals surface area contributed by atoms with Crippen molar-refractivity contribution in [3.05, 3.63) is 41.2 Å². The predicted molar refractivity (Wildman–Crippen MR) is 122 cm³/mol. The maximum atomic E-state index is 13.5. The van der Waals surface area contributed by atoms with Crippen LogP contribution in [0.15, 0.2) is 24.7 Å². The summed E-state index contributed by atoms with van der Waals surface area (Å²) in [5.74, 6) is -1.31. The number of alkyl halides is 6. The van der Waals surface area contributed by atoms with Crippen LogP contribution in [0.3, 0.4) is 0 Å². The molecule has 1 aliphatic carbocycles. The van der Waals surface area contributed by atoms with Gasteiger partial charge in [0.2, 0.25) is 16.7 Å². The van der Waals surface area contributed by atoms with Gasteiger partial charge >= 0.3 is 12.4 Å². The quantitative estimate of drug-likeness (QED) is 0.461. The van der Waals surface area contributed by atoms with Gasteiger partial charge in [-0.25, -0.2) is 15.0 Å². The van der Waals surface area contributed by atoms with E-state index in [2.05, 4.69) is 20.1 Å². The molecule has 2 fully saturated rings. The number of amides is 1. The maximum absolute atomic E-state index is 13.5. The van der Waals surface area contributed by atoms with Gasteiger partial charge in [-0.2, -0.15) is 31.4 Å². The predicted octanol–water partition coefficient (Wildman–Crippen LogP) is 3.42. The van der Waals surface area contributed by atoms with Gasteiger partial charge in [0.05, 0.1) is 18.3 Å². The third kappa shape index (κ3) is 5.45. The molecule has 3 aromatic rings. The largest absolute Gasteiger partial charge is 0.451 e. The van der Waals surface area contributed by atoms with Crippen molar-refractivity contribution in [3.8, 4) is 11.3 Å². The van der Waals surface area contributed by atoms with Gasteiger partial charge in [0.1, 0.15) is 17.2 Å². The number of thiazole rings is 1. The first-order chi connectivity index (χ1) is 17.9. The van der Waals surface area contributed by atoms with Crippen LogP contribution in [-0.4, -0.2) is 72.9 Å². The van der Waals surface area contributed by atoms with Gasteiger partial charge in [0.25, 0.3) is 0 Å². The molecule has 1 amide bonds. The van der Waals surface area contributed by atoms with Gasteiger partial charge in [-0.05, 0) is 18.9 Å². The second-order valence-corrected chi connectivity index (χ2v) is 10.0.